The summed E-state index contributed by atoms with van der Waals surface area (Å²) in [6.07, 6.45) is 2.52. The van der Waals surface area contributed by atoms with Gasteiger partial charge in [0.25, 0.3) is 5.91 Å². The third-order valence-electron chi connectivity index (χ3n) is 2.89. The Morgan fingerprint density at radius 3 is 2.81 bits per heavy atom. The van der Waals surface area contributed by atoms with Crippen LogP contribution in [0.3, 0.4) is 0 Å². The molecular weight excluding hydrogens is 352 g/mol. The Kier molecular flexibility index (Phi) is 5.30. The molecule has 0 atom stereocenters. The largest absolute Gasteiger partial charge is 0.370 e. The van der Waals surface area contributed by atoms with Gasteiger partial charge in [0.1, 0.15) is 5.82 Å². The SMILES string of the molecule is CCNc1ncc(Br)cc1C(=O)Nc1nc(CC)c(C)s1. The number of rotatable bonds is 5. The van der Waals surface area contributed by atoms with Gasteiger partial charge in [-0.25, -0.2) is 9.97 Å². The highest BCUT2D eigenvalue weighted by atomic mass is 79.9. The van der Waals surface area contributed by atoms with Crippen LogP contribution in [0.15, 0.2) is 16.7 Å². The summed E-state index contributed by atoms with van der Waals surface area (Å²) in [6.45, 7) is 6.72. The smallest absolute Gasteiger partial charge is 0.261 e. The van der Waals surface area contributed by atoms with Crippen LogP contribution in [-0.4, -0.2) is 22.4 Å². The van der Waals surface area contributed by atoms with E-state index in [-0.39, 0.29) is 5.91 Å². The molecule has 0 aromatic carbocycles. The molecule has 0 fully saturated rings. The van der Waals surface area contributed by atoms with Gasteiger partial charge < -0.3 is 5.32 Å². The molecule has 0 bridgehead atoms. The van der Waals surface area contributed by atoms with Crippen molar-refractivity contribution in [1.29, 1.82) is 0 Å². The zero-order valence-electron chi connectivity index (χ0n) is 12.2. The van der Waals surface area contributed by atoms with E-state index in [1.54, 1.807) is 12.3 Å². The molecule has 5 nitrogen and oxygen atoms in total. The van der Waals surface area contributed by atoms with E-state index in [1.165, 1.54) is 11.3 Å². The number of carbonyl (C=O) groups is 1. The van der Waals surface area contributed by atoms with Crippen LogP contribution in [0.4, 0.5) is 10.9 Å². The van der Waals surface area contributed by atoms with Crippen LogP contribution in [0.25, 0.3) is 0 Å². The Bertz CT molecular complexity index is 656. The number of nitrogens with zero attached hydrogens (tertiary/aromatic N) is 2. The summed E-state index contributed by atoms with van der Waals surface area (Å²) in [5, 5.41) is 6.56. The first-order chi connectivity index (χ1) is 10.0. The van der Waals surface area contributed by atoms with Crippen molar-refractivity contribution >= 4 is 44.1 Å². The molecule has 0 unspecified atom stereocenters. The fraction of sp³-hybridized carbons (Fsp3) is 0.357. The van der Waals surface area contributed by atoms with Crippen LogP contribution in [0.2, 0.25) is 0 Å². The molecule has 2 rings (SSSR count). The highest BCUT2D eigenvalue weighted by molar-refractivity contribution is 9.10. The van der Waals surface area contributed by atoms with E-state index in [0.29, 0.717) is 23.1 Å². The molecule has 0 spiro atoms. The molecule has 0 aliphatic heterocycles. The molecule has 0 saturated carbocycles. The van der Waals surface area contributed by atoms with Crippen LogP contribution >= 0.6 is 27.3 Å². The van der Waals surface area contributed by atoms with Gasteiger partial charge in [0.05, 0.1) is 11.3 Å². The van der Waals surface area contributed by atoms with E-state index in [0.717, 1.165) is 21.5 Å². The second kappa shape index (κ2) is 7.00. The lowest BCUT2D eigenvalue weighted by Crippen LogP contribution is -2.15. The molecule has 2 N–H and O–H groups in total. The summed E-state index contributed by atoms with van der Waals surface area (Å²) < 4.78 is 0.763. The van der Waals surface area contributed by atoms with Gasteiger partial charge in [-0.1, -0.05) is 6.92 Å². The molecule has 7 heteroatoms. The molecule has 1 amide bonds. The summed E-state index contributed by atoms with van der Waals surface area (Å²) in [5.74, 6) is 0.360. The van der Waals surface area contributed by atoms with Gasteiger partial charge in [-0.15, -0.1) is 11.3 Å². The van der Waals surface area contributed by atoms with Crippen molar-refractivity contribution in [3.05, 3.63) is 32.9 Å². The second-order valence-electron chi connectivity index (χ2n) is 4.41. The van der Waals surface area contributed by atoms with E-state index in [4.69, 9.17) is 0 Å². The normalized spacial score (nSPS) is 10.5. The Labute approximate surface area is 136 Å². The predicted octanol–water partition coefficient (Wildman–Crippen LogP) is 3.86. The summed E-state index contributed by atoms with van der Waals surface area (Å²) in [6, 6.07) is 1.75. The van der Waals surface area contributed by atoms with Gasteiger partial charge in [-0.2, -0.15) is 0 Å². The number of carbonyl (C=O) groups excluding carboxylic acids is 1. The summed E-state index contributed by atoms with van der Waals surface area (Å²) in [7, 11) is 0. The van der Waals surface area contributed by atoms with E-state index >= 15 is 0 Å². The average Bonchev–Trinajstić information content (AvgIpc) is 2.80. The number of amides is 1. The maximum atomic E-state index is 12.4. The van der Waals surface area contributed by atoms with Gasteiger partial charge in [0, 0.05) is 22.1 Å². The molecule has 2 heterocycles. The third-order valence-corrected chi connectivity index (χ3v) is 4.25. The molecule has 2 aromatic rings. The molecule has 0 aliphatic carbocycles. The Balaban J connectivity index is 2.24. The molecule has 0 saturated heterocycles. The number of pyridine rings is 1. The summed E-state index contributed by atoms with van der Waals surface area (Å²) in [4.78, 5) is 22.2. The van der Waals surface area contributed by atoms with Gasteiger partial charge in [0.15, 0.2) is 5.13 Å². The Morgan fingerprint density at radius 1 is 1.43 bits per heavy atom. The lowest BCUT2D eigenvalue weighted by atomic mass is 10.2. The standard InChI is InChI=1S/C14H17BrN4OS/c1-4-11-8(3)21-14(18-11)19-13(20)10-6-9(15)7-17-12(10)16-5-2/h6-7H,4-5H2,1-3H3,(H,16,17)(H,18,19,20). The molecule has 0 radical (unpaired) electrons. The number of aromatic nitrogens is 2. The molecule has 2 aromatic heterocycles. The van der Waals surface area contributed by atoms with Crippen LogP contribution in [-0.2, 0) is 6.42 Å². The van der Waals surface area contributed by atoms with Crippen LogP contribution < -0.4 is 10.6 Å². The topological polar surface area (TPSA) is 66.9 Å². The van der Waals surface area contributed by atoms with Crippen molar-refractivity contribution < 1.29 is 4.79 Å². The van der Waals surface area contributed by atoms with Crippen molar-refractivity contribution in [2.75, 3.05) is 17.2 Å². The lowest BCUT2D eigenvalue weighted by Gasteiger charge is -2.09. The van der Waals surface area contributed by atoms with Crippen molar-refractivity contribution in [1.82, 2.24) is 9.97 Å². The number of anilines is 2. The van der Waals surface area contributed by atoms with E-state index in [1.807, 2.05) is 13.8 Å². The molecule has 21 heavy (non-hydrogen) atoms. The van der Waals surface area contributed by atoms with Gasteiger partial charge >= 0.3 is 0 Å². The number of hydrogen-bond acceptors (Lipinski definition) is 5. The van der Waals surface area contributed by atoms with Crippen molar-refractivity contribution in [3.8, 4) is 0 Å². The van der Waals surface area contributed by atoms with Crippen molar-refractivity contribution in [2.45, 2.75) is 27.2 Å². The Hall–Kier alpha value is -1.47. The zero-order chi connectivity index (χ0) is 15.4. The number of aryl methyl sites for hydroxylation is 2. The third kappa shape index (κ3) is 3.79. The van der Waals surface area contributed by atoms with E-state index < -0.39 is 0 Å². The number of hydrogen-bond donors (Lipinski definition) is 2. The quantitative estimate of drug-likeness (QED) is 0.840. The lowest BCUT2D eigenvalue weighted by molar-refractivity contribution is 0.102. The maximum absolute atomic E-state index is 12.4. The second-order valence-corrected chi connectivity index (χ2v) is 6.53. The minimum atomic E-state index is -0.212. The minimum absolute atomic E-state index is 0.212. The fourth-order valence-electron chi connectivity index (χ4n) is 1.89. The van der Waals surface area contributed by atoms with Crippen LogP contribution in [0.1, 0.15) is 34.8 Å². The predicted molar refractivity (Wildman–Crippen MR) is 90.3 cm³/mol. The highest BCUT2D eigenvalue weighted by Crippen LogP contribution is 2.24. The van der Waals surface area contributed by atoms with E-state index in [2.05, 4.69) is 43.5 Å². The fourth-order valence-corrected chi connectivity index (χ4v) is 3.12. The van der Waals surface area contributed by atoms with Crippen LogP contribution in [0.5, 0.6) is 0 Å². The summed E-state index contributed by atoms with van der Waals surface area (Å²) in [5.41, 5.74) is 1.52. The van der Waals surface area contributed by atoms with E-state index in [9.17, 15) is 4.79 Å². The highest BCUT2D eigenvalue weighted by Gasteiger charge is 2.15. The molecular formula is C14H17BrN4OS. The zero-order valence-corrected chi connectivity index (χ0v) is 14.6. The van der Waals surface area contributed by atoms with Gasteiger partial charge in [-0.05, 0) is 42.3 Å². The van der Waals surface area contributed by atoms with Gasteiger partial charge in [0.2, 0.25) is 0 Å². The number of halogens is 1. The first-order valence-corrected chi connectivity index (χ1v) is 8.33. The van der Waals surface area contributed by atoms with Crippen molar-refractivity contribution in [3.63, 3.8) is 0 Å². The summed E-state index contributed by atoms with van der Waals surface area (Å²) >= 11 is 4.83. The van der Waals surface area contributed by atoms with Crippen molar-refractivity contribution in [2.24, 2.45) is 0 Å². The Morgan fingerprint density at radius 2 is 2.19 bits per heavy atom. The molecule has 112 valence electrons. The monoisotopic (exact) mass is 368 g/mol. The number of nitrogens with one attached hydrogen (secondary N) is 2. The number of thiazole rings is 1. The molecule has 0 aliphatic rings. The first kappa shape index (κ1) is 15.9. The minimum Gasteiger partial charge on any atom is -0.370 e. The van der Waals surface area contributed by atoms with Gasteiger partial charge in [-0.3, -0.25) is 10.1 Å². The maximum Gasteiger partial charge on any atom is 0.261 e. The first-order valence-electron chi connectivity index (χ1n) is 6.72. The van der Waals surface area contributed by atoms with Crippen LogP contribution in [0, 0.1) is 6.92 Å². The average molecular weight is 369 g/mol.